The van der Waals surface area contributed by atoms with Gasteiger partial charge in [0.25, 0.3) is 0 Å². The topological polar surface area (TPSA) is 23.6 Å². The van der Waals surface area contributed by atoms with E-state index in [1.54, 1.807) is 6.07 Å². The van der Waals surface area contributed by atoms with Gasteiger partial charge in [0.2, 0.25) is 0 Å². The first-order valence-corrected chi connectivity index (χ1v) is 6.65. The van der Waals surface area contributed by atoms with E-state index in [9.17, 15) is 4.79 Å². The second-order valence-electron chi connectivity index (χ2n) is 5.08. The molecule has 0 N–H and O–H groups in total. The Balaban J connectivity index is 2.19. The Morgan fingerprint density at radius 1 is 1.50 bits per heavy atom. The maximum Gasteiger partial charge on any atom is 0.151 e. The first-order valence-electron chi connectivity index (χ1n) is 6.28. The fraction of sp³-hybridized carbons (Fsp3) is 0.500. The van der Waals surface area contributed by atoms with Gasteiger partial charge in [-0.1, -0.05) is 11.6 Å². The molecule has 1 unspecified atom stereocenters. The summed E-state index contributed by atoms with van der Waals surface area (Å²) < 4.78 is 0. The molecule has 2 rings (SSSR count). The van der Waals surface area contributed by atoms with Crippen LogP contribution < -0.4 is 4.90 Å². The molecule has 1 heterocycles. The molecule has 0 amide bonds. The molecule has 1 aliphatic rings. The van der Waals surface area contributed by atoms with E-state index in [1.165, 1.54) is 12.8 Å². The number of aldehydes is 1. The zero-order chi connectivity index (χ0) is 13.1. The number of halogens is 1. The number of likely N-dealkylation sites (N-methyl/N-ethyl adjacent to an activating group) is 1. The summed E-state index contributed by atoms with van der Waals surface area (Å²) in [6, 6.07) is 6.23. The standard InChI is InChI=1S/C14H19ClN2O/c1-16(2)9-13-4-3-7-17(13)12-6-5-11(10-18)14(15)8-12/h5-6,8,10,13H,3-4,7,9H2,1-2H3. The quantitative estimate of drug-likeness (QED) is 0.783. The zero-order valence-electron chi connectivity index (χ0n) is 10.9. The average molecular weight is 267 g/mol. The first kappa shape index (κ1) is 13.4. The number of anilines is 1. The summed E-state index contributed by atoms with van der Waals surface area (Å²) in [6.07, 6.45) is 3.23. The molecule has 1 aliphatic heterocycles. The summed E-state index contributed by atoms with van der Waals surface area (Å²) in [4.78, 5) is 15.4. The number of hydrogen-bond acceptors (Lipinski definition) is 3. The molecule has 0 aromatic heterocycles. The number of benzene rings is 1. The molecule has 1 aromatic carbocycles. The van der Waals surface area contributed by atoms with Crippen molar-refractivity contribution in [2.75, 3.05) is 32.1 Å². The molecule has 4 heteroatoms. The molecule has 1 saturated heterocycles. The predicted octanol–water partition coefficient (Wildman–Crippen LogP) is 2.68. The van der Waals surface area contributed by atoms with Crippen LogP contribution in [0.5, 0.6) is 0 Å². The maximum atomic E-state index is 10.8. The Kier molecular flexibility index (Phi) is 4.25. The summed E-state index contributed by atoms with van der Waals surface area (Å²) in [5.41, 5.74) is 1.68. The van der Waals surface area contributed by atoms with E-state index in [2.05, 4.69) is 23.9 Å². The van der Waals surface area contributed by atoms with Crippen molar-refractivity contribution < 1.29 is 4.79 Å². The van der Waals surface area contributed by atoms with Crippen LogP contribution in [0.3, 0.4) is 0 Å². The Hall–Kier alpha value is -1.06. The fourth-order valence-electron chi connectivity index (χ4n) is 2.58. The SMILES string of the molecule is CN(C)CC1CCCN1c1ccc(C=O)c(Cl)c1. The molecule has 98 valence electrons. The Morgan fingerprint density at radius 3 is 2.89 bits per heavy atom. The minimum Gasteiger partial charge on any atom is -0.367 e. The van der Waals surface area contributed by atoms with E-state index in [0.717, 1.165) is 25.1 Å². The van der Waals surface area contributed by atoms with E-state index in [-0.39, 0.29) is 0 Å². The largest absolute Gasteiger partial charge is 0.367 e. The number of carbonyl (C=O) groups excluding carboxylic acids is 1. The third-order valence-electron chi connectivity index (χ3n) is 3.40. The van der Waals surface area contributed by atoms with Crippen molar-refractivity contribution >= 4 is 23.6 Å². The summed E-state index contributed by atoms with van der Waals surface area (Å²) >= 11 is 6.09. The van der Waals surface area contributed by atoms with Gasteiger partial charge in [0.15, 0.2) is 6.29 Å². The van der Waals surface area contributed by atoms with Gasteiger partial charge < -0.3 is 9.80 Å². The molecule has 18 heavy (non-hydrogen) atoms. The minimum absolute atomic E-state index is 0.540. The molecule has 3 nitrogen and oxygen atoms in total. The second-order valence-corrected chi connectivity index (χ2v) is 5.48. The lowest BCUT2D eigenvalue weighted by molar-refractivity contribution is 0.112. The highest BCUT2D eigenvalue weighted by Gasteiger charge is 2.25. The molecule has 1 aromatic rings. The molecule has 0 radical (unpaired) electrons. The van der Waals surface area contributed by atoms with Crippen molar-refractivity contribution in [1.29, 1.82) is 0 Å². The van der Waals surface area contributed by atoms with E-state index < -0.39 is 0 Å². The number of hydrogen-bond donors (Lipinski definition) is 0. The summed E-state index contributed by atoms with van der Waals surface area (Å²) in [5.74, 6) is 0. The summed E-state index contributed by atoms with van der Waals surface area (Å²) in [6.45, 7) is 2.11. The molecular formula is C14H19ClN2O. The Bertz CT molecular complexity index is 434. The van der Waals surface area contributed by atoms with Gasteiger partial charge in [-0.25, -0.2) is 0 Å². The van der Waals surface area contributed by atoms with Crippen molar-refractivity contribution in [3.63, 3.8) is 0 Å². The Labute approximate surface area is 113 Å². The highest BCUT2D eigenvalue weighted by Crippen LogP contribution is 2.29. The molecular weight excluding hydrogens is 248 g/mol. The zero-order valence-corrected chi connectivity index (χ0v) is 11.7. The van der Waals surface area contributed by atoms with Gasteiger partial charge in [-0.2, -0.15) is 0 Å². The minimum atomic E-state index is 0.540. The van der Waals surface area contributed by atoms with Gasteiger partial charge in [0, 0.05) is 30.4 Å². The number of carbonyl (C=O) groups is 1. The van der Waals surface area contributed by atoms with E-state index in [0.29, 0.717) is 16.6 Å². The van der Waals surface area contributed by atoms with Crippen molar-refractivity contribution in [1.82, 2.24) is 4.90 Å². The second kappa shape index (κ2) is 5.72. The van der Waals surface area contributed by atoms with Crippen LogP contribution >= 0.6 is 11.6 Å². The highest BCUT2D eigenvalue weighted by molar-refractivity contribution is 6.33. The van der Waals surface area contributed by atoms with Crippen LogP contribution in [0, 0.1) is 0 Å². The lowest BCUT2D eigenvalue weighted by Gasteiger charge is -2.29. The number of rotatable bonds is 4. The van der Waals surface area contributed by atoms with Gasteiger partial charge in [-0.05, 0) is 45.1 Å². The van der Waals surface area contributed by atoms with Gasteiger partial charge in [-0.3, -0.25) is 4.79 Å². The fourth-order valence-corrected chi connectivity index (χ4v) is 2.80. The molecule has 0 aliphatic carbocycles. The van der Waals surface area contributed by atoms with E-state index >= 15 is 0 Å². The van der Waals surface area contributed by atoms with Crippen molar-refractivity contribution in [3.8, 4) is 0 Å². The van der Waals surface area contributed by atoms with E-state index in [4.69, 9.17) is 11.6 Å². The van der Waals surface area contributed by atoms with Gasteiger partial charge in [0.1, 0.15) is 0 Å². The van der Waals surface area contributed by atoms with Crippen molar-refractivity contribution in [3.05, 3.63) is 28.8 Å². The van der Waals surface area contributed by atoms with Crippen LogP contribution in [0.25, 0.3) is 0 Å². The van der Waals surface area contributed by atoms with Crippen LogP contribution in [-0.2, 0) is 0 Å². The summed E-state index contributed by atoms with van der Waals surface area (Å²) in [5, 5.41) is 0.540. The maximum absolute atomic E-state index is 10.8. The lowest BCUT2D eigenvalue weighted by Crippen LogP contribution is -2.37. The van der Waals surface area contributed by atoms with Crippen LogP contribution in [0.2, 0.25) is 5.02 Å². The highest BCUT2D eigenvalue weighted by atomic mass is 35.5. The third kappa shape index (κ3) is 2.85. The molecule has 1 fully saturated rings. The predicted molar refractivity (Wildman–Crippen MR) is 75.8 cm³/mol. The average Bonchev–Trinajstić information content (AvgIpc) is 2.76. The number of nitrogens with zero attached hydrogens (tertiary/aromatic N) is 2. The van der Waals surface area contributed by atoms with Crippen LogP contribution in [0.4, 0.5) is 5.69 Å². The first-order chi connectivity index (χ1) is 8.61. The monoisotopic (exact) mass is 266 g/mol. The normalized spacial score (nSPS) is 19.6. The van der Waals surface area contributed by atoms with Crippen LogP contribution in [-0.4, -0.2) is 44.4 Å². The van der Waals surface area contributed by atoms with Crippen molar-refractivity contribution in [2.45, 2.75) is 18.9 Å². The van der Waals surface area contributed by atoms with Gasteiger partial charge in [-0.15, -0.1) is 0 Å². The summed E-state index contributed by atoms with van der Waals surface area (Å²) in [7, 11) is 4.19. The van der Waals surface area contributed by atoms with Crippen molar-refractivity contribution in [2.24, 2.45) is 0 Å². The van der Waals surface area contributed by atoms with Gasteiger partial charge >= 0.3 is 0 Å². The molecule has 1 atom stereocenters. The third-order valence-corrected chi connectivity index (χ3v) is 3.72. The Morgan fingerprint density at radius 2 is 2.28 bits per heavy atom. The molecule has 0 bridgehead atoms. The lowest BCUT2D eigenvalue weighted by atomic mass is 10.1. The molecule has 0 saturated carbocycles. The van der Waals surface area contributed by atoms with Crippen LogP contribution in [0.1, 0.15) is 23.2 Å². The van der Waals surface area contributed by atoms with Crippen LogP contribution in [0.15, 0.2) is 18.2 Å². The van der Waals surface area contributed by atoms with E-state index in [1.807, 2.05) is 12.1 Å². The smallest absolute Gasteiger partial charge is 0.151 e. The molecule has 0 spiro atoms. The van der Waals surface area contributed by atoms with Gasteiger partial charge in [0.05, 0.1) is 5.02 Å².